The van der Waals surface area contributed by atoms with Crippen LogP contribution in [-0.2, 0) is 11.4 Å². The number of rotatable bonds is 4. The van der Waals surface area contributed by atoms with Gasteiger partial charge in [0.15, 0.2) is 11.6 Å². The molecule has 1 aromatic carbocycles. The molecule has 0 bridgehead atoms. The van der Waals surface area contributed by atoms with E-state index in [1.165, 1.54) is 14.2 Å². The van der Waals surface area contributed by atoms with E-state index in [0.717, 1.165) is 0 Å². The molecule has 90 valence electrons. The summed E-state index contributed by atoms with van der Waals surface area (Å²) < 4.78 is 24.0. The van der Waals surface area contributed by atoms with Crippen LogP contribution < -0.4 is 15.4 Å². The molecule has 0 aromatic heterocycles. The van der Waals surface area contributed by atoms with Gasteiger partial charge in [-0.15, -0.1) is 0 Å². The van der Waals surface area contributed by atoms with Gasteiger partial charge in [-0.3, -0.25) is 4.84 Å². The third kappa shape index (κ3) is 1.96. The average molecular weight is 229 g/mol. The molecule has 2 N–H and O–H groups in total. The molecular weight excluding hydrogens is 213 g/mol. The summed E-state index contributed by atoms with van der Waals surface area (Å²) >= 11 is 0. The van der Waals surface area contributed by atoms with E-state index in [0.29, 0.717) is 22.4 Å². The van der Waals surface area contributed by atoms with Crippen LogP contribution in [0.3, 0.4) is 0 Å². The van der Waals surface area contributed by atoms with Crippen LogP contribution in [0, 0.1) is 19.7 Å². The molecule has 0 aliphatic carbocycles. The summed E-state index contributed by atoms with van der Waals surface area (Å²) in [5.74, 6) is 5.27. The lowest BCUT2D eigenvalue weighted by atomic mass is 10.0. The maximum atomic E-state index is 13.9. The molecule has 0 radical (unpaired) electrons. The Morgan fingerprint density at radius 3 is 2.06 bits per heavy atom. The average Bonchev–Trinajstić information content (AvgIpc) is 2.27. The molecule has 1 aromatic rings. The van der Waals surface area contributed by atoms with Crippen molar-refractivity contribution in [2.24, 2.45) is 5.90 Å². The van der Waals surface area contributed by atoms with E-state index in [1.54, 1.807) is 13.8 Å². The maximum Gasteiger partial charge on any atom is 0.171 e. The fourth-order valence-electron chi connectivity index (χ4n) is 1.74. The smallest absolute Gasteiger partial charge is 0.171 e. The van der Waals surface area contributed by atoms with E-state index in [-0.39, 0.29) is 12.4 Å². The van der Waals surface area contributed by atoms with Gasteiger partial charge in [-0.2, -0.15) is 0 Å². The number of halogens is 1. The summed E-state index contributed by atoms with van der Waals surface area (Å²) in [7, 11) is 2.90. The fourth-order valence-corrected chi connectivity index (χ4v) is 1.74. The zero-order chi connectivity index (χ0) is 12.3. The van der Waals surface area contributed by atoms with Crippen LogP contribution in [0.15, 0.2) is 0 Å². The van der Waals surface area contributed by atoms with Crippen molar-refractivity contribution in [2.45, 2.75) is 20.5 Å². The predicted octanol–water partition coefficient (Wildman–Crippen LogP) is 1.85. The second-order valence-corrected chi connectivity index (χ2v) is 3.42. The van der Waals surface area contributed by atoms with Crippen LogP contribution in [0.25, 0.3) is 0 Å². The topological polar surface area (TPSA) is 53.7 Å². The van der Waals surface area contributed by atoms with E-state index in [4.69, 9.17) is 15.4 Å². The minimum atomic E-state index is -0.419. The molecule has 0 saturated carbocycles. The van der Waals surface area contributed by atoms with Gasteiger partial charge in [0.1, 0.15) is 5.75 Å². The van der Waals surface area contributed by atoms with Crippen molar-refractivity contribution >= 4 is 0 Å². The lowest BCUT2D eigenvalue weighted by Crippen LogP contribution is -2.08. The molecular formula is C11H16FNO3. The Kier molecular flexibility index (Phi) is 4.09. The molecule has 0 unspecified atom stereocenters. The van der Waals surface area contributed by atoms with Crippen LogP contribution in [0.4, 0.5) is 4.39 Å². The quantitative estimate of drug-likeness (QED) is 0.800. The van der Waals surface area contributed by atoms with Gasteiger partial charge in [-0.05, 0) is 13.8 Å². The molecule has 4 nitrogen and oxygen atoms in total. The number of benzene rings is 1. The Balaban J connectivity index is 3.50. The van der Waals surface area contributed by atoms with Gasteiger partial charge in [0, 0.05) is 16.7 Å². The SMILES string of the molecule is COc1c(C)c(CON)c(OC)c(C)c1F. The Hall–Kier alpha value is -1.33. The largest absolute Gasteiger partial charge is 0.496 e. The molecule has 0 heterocycles. The fraction of sp³-hybridized carbons (Fsp3) is 0.455. The monoisotopic (exact) mass is 229 g/mol. The van der Waals surface area contributed by atoms with Gasteiger partial charge in [-0.25, -0.2) is 10.3 Å². The van der Waals surface area contributed by atoms with Gasteiger partial charge >= 0.3 is 0 Å². The summed E-state index contributed by atoms with van der Waals surface area (Å²) in [5, 5.41) is 0. The summed E-state index contributed by atoms with van der Waals surface area (Å²) in [6.07, 6.45) is 0. The molecule has 16 heavy (non-hydrogen) atoms. The minimum absolute atomic E-state index is 0.145. The zero-order valence-corrected chi connectivity index (χ0v) is 9.89. The van der Waals surface area contributed by atoms with Crippen molar-refractivity contribution in [3.63, 3.8) is 0 Å². The molecule has 0 amide bonds. The minimum Gasteiger partial charge on any atom is -0.496 e. The molecule has 0 spiro atoms. The van der Waals surface area contributed by atoms with Crippen LogP contribution in [-0.4, -0.2) is 14.2 Å². The normalized spacial score (nSPS) is 10.4. The van der Waals surface area contributed by atoms with Crippen LogP contribution in [0.2, 0.25) is 0 Å². The lowest BCUT2D eigenvalue weighted by Gasteiger charge is -2.17. The first-order chi connectivity index (χ1) is 7.58. The van der Waals surface area contributed by atoms with Crippen LogP contribution in [0.5, 0.6) is 11.5 Å². The highest BCUT2D eigenvalue weighted by Gasteiger charge is 2.20. The maximum absolute atomic E-state index is 13.9. The first-order valence-electron chi connectivity index (χ1n) is 4.79. The van der Waals surface area contributed by atoms with Crippen molar-refractivity contribution in [2.75, 3.05) is 14.2 Å². The van der Waals surface area contributed by atoms with Crippen molar-refractivity contribution in [3.8, 4) is 11.5 Å². The number of hydrogen-bond acceptors (Lipinski definition) is 4. The summed E-state index contributed by atoms with van der Waals surface area (Å²) in [6.45, 7) is 3.50. The van der Waals surface area contributed by atoms with E-state index in [1.807, 2.05) is 0 Å². The summed E-state index contributed by atoms with van der Waals surface area (Å²) in [4.78, 5) is 4.59. The molecule has 5 heteroatoms. The van der Waals surface area contributed by atoms with Crippen molar-refractivity contribution in [1.82, 2.24) is 0 Å². The predicted molar refractivity (Wildman–Crippen MR) is 58.0 cm³/mol. The number of nitrogens with two attached hydrogens (primary N) is 1. The number of ether oxygens (including phenoxy) is 2. The molecule has 0 atom stereocenters. The molecule has 1 rings (SSSR count). The Morgan fingerprint density at radius 1 is 1.06 bits per heavy atom. The number of methoxy groups -OCH3 is 2. The van der Waals surface area contributed by atoms with Gasteiger partial charge in [-0.1, -0.05) is 0 Å². The highest BCUT2D eigenvalue weighted by molar-refractivity contribution is 5.53. The molecule has 0 aliphatic rings. The molecule has 0 aliphatic heterocycles. The molecule has 0 fully saturated rings. The first kappa shape index (κ1) is 12.7. The van der Waals surface area contributed by atoms with Crippen molar-refractivity contribution < 1.29 is 18.7 Å². The lowest BCUT2D eigenvalue weighted by molar-refractivity contribution is 0.121. The summed E-state index contributed by atoms with van der Waals surface area (Å²) in [5.41, 5.74) is 1.71. The second-order valence-electron chi connectivity index (χ2n) is 3.42. The van der Waals surface area contributed by atoms with Gasteiger partial charge in [0.2, 0.25) is 0 Å². The standard InChI is InChI=1S/C11H16FNO3/c1-6-8(5-16-13)10(14-3)7(2)9(12)11(6)15-4/h5,13H2,1-4H3. The van der Waals surface area contributed by atoms with E-state index in [9.17, 15) is 4.39 Å². The highest BCUT2D eigenvalue weighted by Crippen LogP contribution is 2.36. The highest BCUT2D eigenvalue weighted by atomic mass is 19.1. The third-order valence-corrected chi connectivity index (χ3v) is 2.57. The van der Waals surface area contributed by atoms with Crippen LogP contribution in [0.1, 0.15) is 16.7 Å². The van der Waals surface area contributed by atoms with Crippen LogP contribution >= 0.6 is 0 Å². The Morgan fingerprint density at radius 2 is 1.62 bits per heavy atom. The van der Waals surface area contributed by atoms with Gasteiger partial charge in [0.25, 0.3) is 0 Å². The number of hydrogen-bond donors (Lipinski definition) is 1. The van der Waals surface area contributed by atoms with Gasteiger partial charge in [0.05, 0.1) is 20.8 Å². The Bertz CT molecular complexity index is 394. The van der Waals surface area contributed by atoms with E-state index in [2.05, 4.69) is 4.84 Å². The second kappa shape index (κ2) is 5.14. The van der Waals surface area contributed by atoms with Gasteiger partial charge < -0.3 is 9.47 Å². The molecule has 0 saturated heterocycles. The van der Waals surface area contributed by atoms with Crippen molar-refractivity contribution in [1.29, 1.82) is 0 Å². The third-order valence-electron chi connectivity index (χ3n) is 2.57. The van der Waals surface area contributed by atoms with E-state index < -0.39 is 5.82 Å². The first-order valence-corrected chi connectivity index (χ1v) is 4.79. The zero-order valence-electron chi connectivity index (χ0n) is 9.89. The Labute approximate surface area is 94.1 Å². The summed E-state index contributed by atoms with van der Waals surface area (Å²) in [6, 6.07) is 0. The van der Waals surface area contributed by atoms with E-state index >= 15 is 0 Å². The van der Waals surface area contributed by atoms with Crippen molar-refractivity contribution in [3.05, 3.63) is 22.5 Å².